The Morgan fingerprint density at radius 2 is 1.67 bits per heavy atom. The Morgan fingerprint density at radius 3 is 2.29 bits per heavy atom. The van der Waals surface area contributed by atoms with Crippen molar-refractivity contribution >= 4 is 52.4 Å². The topological polar surface area (TPSA) is 66.4 Å². The van der Waals surface area contributed by atoms with E-state index in [0.29, 0.717) is 5.69 Å². The second-order valence-electron chi connectivity index (χ2n) is 4.06. The zero-order valence-electron chi connectivity index (χ0n) is 10.4. The van der Waals surface area contributed by atoms with Gasteiger partial charge in [-0.05, 0) is 30.3 Å². The Hall–Kier alpha value is -1.75. The molecule has 0 heterocycles. The van der Waals surface area contributed by atoms with E-state index >= 15 is 0 Å². The first-order valence-corrected chi connectivity index (χ1v) is 6.81. The van der Waals surface area contributed by atoms with Crippen molar-refractivity contribution in [3.63, 3.8) is 0 Å². The number of hydrogen-bond acceptors (Lipinski definition) is 2. The van der Waals surface area contributed by atoms with Crippen LogP contribution in [0.15, 0.2) is 36.4 Å². The number of carboxylic acid groups (broad SMARTS) is 1. The number of rotatable bonds is 3. The van der Waals surface area contributed by atoms with Crippen LogP contribution in [0, 0.1) is 0 Å². The summed E-state index contributed by atoms with van der Waals surface area (Å²) in [5.74, 6) is -1.61. The molecule has 2 rings (SSSR count). The molecule has 1 amide bonds. The summed E-state index contributed by atoms with van der Waals surface area (Å²) in [6.07, 6.45) is 0. The number of benzene rings is 2. The highest BCUT2D eigenvalue weighted by Crippen LogP contribution is 2.27. The van der Waals surface area contributed by atoms with Gasteiger partial charge in [-0.25, -0.2) is 4.79 Å². The van der Waals surface area contributed by atoms with Crippen LogP contribution >= 0.6 is 34.8 Å². The molecule has 108 valence electrons. The minimum atomic E-state index is -1.14. The molecule has 0 saturated heterocycles. The van der Waals surface area contributed by atoms with E-state index in [1.807, 2.05) is 0 Å². The molecule has 0 aliphatic carbocycles. The van der Waals surface area contributed by atoms with Crippen molar-refractivity contribution in [2.24, 2.45) is 0 Å². The summed E-state index contributed by atoms with van der Waals surface area (Å²) in [6, 6.07) is 8.78. The van der Waals surface area contributed by atoms with Gasteiger partial charge in [-0.15, -0.1) is 0 Å². The van der Waals surface area contributed by atoms with Gasteiger partial charge in [0.05, 0.1) is 26.2 Å². The Bertz CT molecular complexity index is 731. The number of halogens is 3. The van der Waals surface area contributed by atoms with Gasteiger partial charge in [0, 0.05) is 5.69 Å². The van der Waals surface area contributed by atoms with E-state index in [-0.39, 0.29) is 26.2 Å². The van der Waals surface area contributed by atoms with Gasteiger partial charge in [0.2, 0.25) is 0 Å². The number of aromatic carboxylic acids is 1. The maximum Gasteiger partial charge on any atom is 0.337 e. The Labute approximate surface area is 135 Å². The van der Waals surface area contributed by atoms with Crippen LogP contribution in [0.3, 0.4) is 0 Å². The van der Waals surface area contributed by atoms with Crippen molar-refractivity contribution < 1.29 is 14.7 Å². The summed E-state index contributed by atoms with van der Waals surface area (Å²) < 4.78 is 0. The quantitative estimate of drug-likeness (QED) is 0.855. The van der Waals surface area contributed by atoms with Gasteiger partial charge < -0.3 is 10.4 Å². The molecule has 4 nitrogen and oxygen atoms in total. The molecule has 2 N–H and O–H groups in total. The first-order valence-electron chi connectivity index (χ1n) is 5.68. The van der Waals surface area contributed by atoms with Crippen LogP contribution in [0.1, 0.15) is 20.7 Å². The minimum Gasteiger partial charge on any atom is -0.478 e. The number of carboxylic acids is 1. The van der Waals surface area contributed by atoms with Crippen molar-refractivity contribution in [1.82, 2.24) is 0 Å². The van der Waals surface area contributed by atoms with Crippen molar-refractivity contribution in [2.45, 2.75) is 0 Å². The summed E-state index contributed by atoms with van der Waals surface area (Å²) in [5, 5.41) is 11.9. The molecule has 0 unspecified atom stereocenters. The lowest BCUT2D eigenvalue weighted by Gasteiger charge is -2.08. The van der Waals surface area contributed by atoms with Gasteiger partial charge in [-0.3, -0.25) is 4.79 Å². The minimum absolute atomic E-state index is 0.0255. The highest BCUT2D eigenvalue weighted by Gasteiger charge is 2.14. The van der Waals surface area contributed by atoms with E-state index in [0.717, 1.165) is 0 Å². The molecule has 0 aromatic heterocycles. The molecule has 0 aliphatic rings. The molecule has 0 atom stereocenters. The van der Waals surface area contributed by atoms with Crippen molar-refractivity contribution in [3.05, 3.63) is 62.6 Å². The standard InChI is InChI=1S/C14H8Cl3NO3/c15-10-3-1-2-9(12(10)17)13(19)18-7-4-5-8(14(20)21)11(16)6-7/h1-6H,(H,18,19)(H,20,21). The fraction of sp³-hybridized carbons (Fsp3) is 0. The fourth-order valence-electron chi connectivity index (χ4n) is 1.64. The number of hydrogen-bond donors (Lipinski definition) is 2. The molecule has 7 heteroatoms. The molecule has 0 aliphatic heterocycles. The molecule has 0 spiro atoms. The molecule has 2 aromatic carbocycles. The van der Waals surface area contributed by atoms with E-state index in [1.54, 1.807) is 12.1 Å². The summed E-state index contributed by atoms with van der Waals surface area (Å²) in [7, 11) is 0. The first kappa shape index (κ1) is 15.6. The highest BCUT2D eigenvalue weighted by atomic mass is 35.5. The zero-order chi connectivity index (χ0) is 15.6. The maximum atomic E-state index is 12.1. The smallest absolute Gasteiger partial charge is 0.337 e. The monoisotopic (exact) mass is 343 g/mol. The van der Waals surface area contributed by atoms with Crippen molar-refractivity contribution in [1.29, 1.82) is 0 Å². The third kappa shape index (κ3) is 3.47. The van der Waals surface area contributed by atoms with E-state index in [4.69, 9.17) is 39.9 Å². The Kier molecular flexibility index (Phi) is 4.73. The van der Waals surface area contributed by atoms with Gasteiger partial charge in [0.15, 0.2) is 0 Å². The second kappa shape index (κ2) is 6.35. The van der Waals surface area contributed by atoms with Gasteiger partial charge in [0.1, 0.15) is 0 Å². The highest BCUT2D eigenvalue weighted by molar-refractivity contribution is 6.44. The predicted molar refractivity (Wildman–Crippen MR) is 82.8 cm³/mol. The number of anilines is 1. The number of nitrogens with one attached hydrogen (secondary N) is 1. The van der Waals surface area contributed by atoms with E-state index in [1.165, 1.54) is 24.3 Å². The maximum absolute atomic E-state index is 12.1. The molecule has 21 heavy (non-hydrogen) atoms. The molecule has 0 fully saturated rings. The second-order valence-corrected chi connectivity index (χ2v) is 5.25. The summed E-state index contributed by atoms with van der Waals surface area (Å²) >= 11 is 17.6. The van der Waals surface area contributed by atoms with Gasteiger partial charge in [0.25, 0.3) is 5.91 Å². The van der Waals surface area contributed by atoms with Crippen molar-refractivity contribution in [2.75, 3.05) is 5.32 Å². The predicted octanol–water partition coefficient (Wildman–Crippen LogP) is 4.60. The first-order chi connectivity index (χ1) is 9.90. The van der Waals surface area contributed by atoms with E-state index < -0.39 is 11.9 Å². The summed E-state index contributed by atoms with van der Waals surface area (Å²) in [4.78, 5) is 23.0. The third-order valence-corrected chi connectivity index (χ3v) is 3.79. The molecule has 0 saturated carbocycles. The average Bonchev–Trinajstić information content (AvgIpc) is 2.41. The van der Waals surface area contributed by atoms with Crippen LogP contribution < -0.4 is 5.32 Å². The zero-order valence-corrected chi connectivity index (χ0v) is 12.6. The average molecular weight is 345 g/mol. The normalized spacial score (nSPS) is 10.2. The fourth-order valence-corrected chi connectivity index (χ4v) is 2.29. The van der Waals surface area contributed by atoms with E-state index in [9.17, 15) is 9.59 Å². The number of amides is 1. The molecular weight excluding hydrogens is 337 g/mol. The van der Waals surface area contributed by atoms with E-state index in [2.05, 4.69) is 5.32 Å². The molecule has 2 aromatic rings. The third-order valence-electron chi connectivity index (χ3n) is 2.65. The largest absolute Gasteiger partial charge is 0.478 e. The van der Waals surface area contributed by atoms with Gasteiger partial charge >= 0.3 is 5.97 Å². The number of carbonyl (C=O) groups is 2. The lowest BCUT2D eigenvalue weighted by molar-refractivity contribution is 0.0697. The SMILES string of the molecule is O=C(O)c1ccc(NC(=O)c2cccc(Cl)c2Cl)cc1Cl. The van der Waals surface area contributed by atoms with Crippen LogP contribution in [-0.2, 0) is 0 Å². The Balaban J connectivity index is 2.26. The van der Waals surface area contributed by atoms with Crippen LogP contribution in [0.4, 0.5) is 5.69 Å². The molecule has 0 bridgehead atoms. The Morgan fingerprint density at radius 1 is 0.952 bits per heavy atom. The summed E-state index contributed by atoms with van der Waals surface area (Å²) in [5.41, 5.74) is 0.518. The van der Waals surface area contributed by atoms with Crippen molar-refractivity contribution in [3.8, 4) is 0 Å². The van der Waals surface area contributed by atoms with Crippen LogP contribution in [0.25, 0.3) is 0 Å². The lowest BCUT2D eigenvalue weighted by Crippen LogP contribution is -2.12. The molecule has 0 radical (unpaired) electrons. The van der Waals surface area contributed by atoms with Gasteiger partial charge in [-0.2, -0.15) is 0 Å². The van der Waals surface area contributed by atoms with Gasteiger partial charge in [-0.1, -0.05) is 40.9 Å². The van der Waals surface area contributed by atoms with Crippen LogP contribution in [0.2, 0.25) is 15.1 Å². The number of carbonyl (C=O) groups excluding carboxylic acids is 1. The molecular formula is C14H8Cl3NO3. The summed E-state index contributed by atoms with van der Waals surface area (Å²) in [6.45, 7) is 0. The van der Waals surface area contributed by atoms with Crippen LogP contribution in [-0.4, -0.2) is 17.0 Å². The lowest BCUT2D eigenvalue weighted by atomic mass is 10.2. The van der Waals surface area contributed by atoms with Crippen LogP contribution in [0.5, 0.6) is 0 Å².